The zero-order valence-electron chi connectivity index (χ0n) is 14.1. The Balaban J connectivity index is 2.49. The maximum absolute atomic E-state index is 10.5. The van der Waals surface area contributed by atoms with Gasteiger partial charge in [0.2, 0.25) is 0 Å². The van der Waals surface area contributed by atoms with Gasteiger partial charge < -0.3 is 19.7 Å². The highest BCUT2D eigenvalue weighted by Crippen LogP contribution is 2.39. The van der Waals surface area contributed by atoms with Gasteiger partial charge in [-0.2, -0.15) is 0 Å². The van der Waals surface area contributed by atoms with Gasteiger partial charge in [0.1, 0.15) is 17.3 Å². The van der Waals surface area contributed by atoms with Gasteiger partial charge in [0, 0.05) is 11.1 Å². The predicted octanol–water partition coefficient (Wildman–Crippen LogP) is 4.18. The minimum Gasteiger partial charge on any atom is -0.507 e. The molecule has 0 atom stereocenters. The Bertz CT molecular complexity index is 704. The average molecular weight is 316 g/mol. The Morgan fingerprint density at radius 2 is 1.74 bits per heavy atom. The first-order valence-electron chi connectivity index (χ1n) is 7.68. The lowest BCUT2D eigenvalue weighted by molar-refractivity contribution is 0.0712. The monoisotopic (exact) mass is 316 g/mol. The lowest BCUT2D eigenvalue weighted by atomic mass is 9.90. The molecule has 4 nitrogen and oxygen atoms in total. The number of aromatic hydroxyl groups is 2. The fraction of sp³-hybridized carbons (Fsp3) is 0.368. The van der Waals surface area contributed by atoms with Crippen LogP contribution in [0.1, 0.15) is 48.3 Å². The Hall–Kier alpha value is -2.20. The van der Waals surface area contributed by atoms with E-state index in [-0.39, 0.29) is 11.5 Å². The summed E-state index contributed by atoms with van der Waals surface area (Å²) in [4.78, 5) is 0. The molecule has 0 saturated carbocycles. The first-order chi connectivity index (χ1) is 10.7. The molecule has 0 aliphatic rings. The minimum absolute atomic E-state index is 0.147. The second-order valence-corrected chi connectivity index (χ2v) is 6.50. The van der Waals surface area contributed by atoms with E-state index in [2.05, 4.69) is 0 Å². The molecule has 3 N–H and O–H groups in total. The summed E-state index contributed by atoms with van der Waals surface area (Å²) in [6.45, 7) is 7.00. The van der Waals surface area contributed by atoms with Gasteiger partial charge in [0.25, 0.3) is 0 Å². The Kier molecular flexibility index (Phi) is 4.85. The zero-order valence-corrected chi connectivity index (χ0v) is 14.1. The van der Waals surface area contributed by atoms with Gasteiger partial charge in [-0.25, -0.2) is 0 Å². The molecule has 0 bridgehead atoms. The molecule has 124 valence electrons. The third kappa shape index (κ3) is 3.96. The number of hydrogen-bond donors (Lipinski definition) is 3. The summed E-state index contributed by atoms with van der Waals surface area (Å²) in [6.07, 6.45) is 6.00. The van der Waals surface area contributed by atoms with E-state index in [1.165, 1.54) is 0 Å². The Morgan fingerprint density at radius 1 is 1.09 bits per heavy atom. The van der Waals surface area contributed by atoms with E-state index in [1.807, 2.05) is 6.07 Å². The van der Waals surface area contributed by atoms with Crippen molar-refractivity contribution in [2.24, 2.45) is 0 Å². The summed E-state index contributed by atoms with van der Waals surface area (Å²) in [6, 6.07) is 3.59. The lowest BCUT2D eigenvalue weighted by Gasteiger charge is -2.20. The first-order valence-corrected chi connectivity index (χ1v) is 7.68. The van der Waals surface area contributed by atoms with Gasteiger partial charge in [-0.05, 0) is 75.9 Å². The van der Waals surface area contributed by atoms with Crippen molar-refractivity contribution in [1.29, 1.82) is 0 Å². The van der Waals surface area contributed by atoms with Crippen LogP contribution in [-0.2, 0) is 6.42 Å². The van der Waals surface area contributed by atoms with E-state index >= 15 is 0 Å². The zero-order chi connectivity index (χ0) is 17.2. The van der Waals surface area contributed by atoms with Crippen LogP contribution >= 0.6 is 0 Å². The molecule has 2 rings (SSSR count). The van der Waals surface area contributed by atoms with Crippen LogP contribution in [0.4, 0.5) is 0 Å². The van der Waals surface area contributed by atoms with E-state index in [9.17, 15) is 15.3 Å². The highest BCUT2D eigenvalue weighted by atomic mass is 16.3. The smallest absolute Gasteiger partial charge is 0.126 e. The highest BCUT2D eigenvalue weighted by Gasteiger charge is 2.20. The summed E-state index contributed by atoms with van der Waals surface area (Å²) >= 11 is 0. The second-order valence-electron chi connectivity index (χ2n) is 6.50. The lowest BCUT2D eigenvalue weighted by Crippen LogP contribution is -2.19. The third-order valence-corrected chi connectivity index (χ3v) is 4.08. The van der Waals surface area contributed by atoms with Gasteiger partial charge in [0.15, 0.2) is 0 Å². The maximum atomic E-state index is 10.5. The third-order valence-electron chi connectivity index (χ3n) is 4.08. The van der Waals surface area contributed by atoms with Crippen LogP contribution in [0.5, 0.6) is 11.5 Å². The van der Waals surface area contributed by atoms with Gasteiger partial charge in [-0.15, -0.1) is 0 Å². The largest absolute Gasteiger partial charge is 0.507 e. The number of hydrogen-bond acceptors (Lipinski definition) is 4. The topological polar surface area (TPSA) is 73.8 Å². The van der Waals surface area contributed by atoms with Crippen molar-refractivity contribution in [3.05, 3.63) is 46.4 Å². The maximum Gasteiger partial charge on any atom is 0.126 e. The molecular formula is C19H24O4. The molecule has 23 heavy (non-hydrogen) atoms. The molecule has 0 aliphatic carbocycles. The molecule has 4 heteroatoms. The fourth-order valence-corrected chi connectivity index (χ4v) is 2.47. The van der Waals surface area contributed by atoms with E-state index in [4.69, 9.17) is 4.42 Å². The van der Waals surface area contributed by atoms with Crippen LogP contribution in [0.25, 0.3) is 12.2 Å². The van der Waals surface area contributed by atoms with Crippen molar-refractivity contribution in [1.82, 2.24) is 0 Å². The summed E-state index contributed by atoms with van der Waals surface area (Å²) in [5.74, 6) is 0.980. The molecule has 0 radical (unpaired) electrons. The predicted molar refractivity (Wildman–Crippen MR) is 91.5 cm³/mol. The van der Waals surface area contributed by atoms with Crippen molar-refractivity contribution >= 4 is 12.2 Å². The van der Waals surface area contributed by atoms with Crippen LogP contribution < -0.4 is 0 Å². The van der Waals surface area contributed by atoms with Crippen LogP contribution in [0.3, 0.4) is 0 Å². The Labute approximate surface area is 136 Å². The van der Waals surface area contributed by atoms with Crippen molar-refractivity contribution in [2.75, 3.05) is 0 Å². The summed E-state index contributed by atoms with van der Waals surface area (Å²) in [7, 11) is 0. The van der Waals surface area contributed by atoms with Crippen molar-refractivity contribution < 1.29 is 19.7 Å². The van der Waals surface area contributed by atoms with Crippen molar-refractivity contribution in [2.45, 2.75) is 46.1 Å². The fourth-order valence-electron chi connectivity index (χ4n) is 2.47. The quantitative estimate of drug-likeness (QED) is 0.723. The van der Waals surface area contributed by atoms with Gasteiger partial charge in [-0.3, -0.25) is 0 Å². The summed E-state index contributed by atoms with van der Waals surface area (Å²) < 4.78 is 5.26. The van der Waals surface area contributed by atoms with Gasteiger partial charge in [-0.1, -0.05) is 0 Å². The molecule has 0 unspecified atom stereocenters. The Morgan fingerprint density at radius 3 is 2.30 bits per heavy atom. The van der Waals surface area contributed by atoms with E-state index < -0.39 is 5.60 Å². The highest BCUT2D eigenvalue weighted by molar-refractivity contribution is 5.76. The van der Waals surface area contributed by atoms with Crippen molar-refractivity contribution in [3.8, 4) is 11.5 Å². The molecule has 0 aliphatic heterocycles. The molecule has 0 amide bonds. The molecule has 1 heterocycles. The molecular weight excluding hydrogens is 292 g/mol. The van der Waals surface area contributed by atoms with Crippen molar-refractivity contribution in [3.63, 3.8) is 0 Å². The average Bonchev–Trinajstić information content (AvgIpc) is 2.98. The standard InChI is InChI=1S/C19H24O4/c1-12-13(2)18(21)16(9-10-19(3,4)22)15(17(12)20)8-7-14-6-5-11-23-14/h5-8,11,20-22H,9-10H2,1-4H3. The summed E-state index contributed by atoms with van der Waals surface area (Å²) in [5.41, 5.74) is 1.65. The number of aliphatic hydroxyl groups is 1. The molecule has 1 aromatic heterocycles. The van der Waals surface area contributed by atoms with Crippen LogP contribution in [-0.4, -0.2) is 20.9 Å². The number of phenols is 2. The number of furan rings is 1. The van der Waals surface area contributed by atoms with E-state index in [1.54, 1.807) is 52.2 Å². The minimum atomic E-state index is -0.844. The molecule has 1 aromatic carbocycles. The molecule has 0 spiro atoms. The van der Waals surface area contributed by atoms with Gasteiger partial charge in [0.05, 0.1) is 11.9 Å². The van der Waals surface area contributed by atoms with Crippen LogP contribution in [0.15, 0.2) is 22.8 Å². The first kappa shape index (κ1) is 17.2. The number of rotatable bonds is 5. The van der Waals surface area contributed by atoms with E-state index in [0.717, 1.165) is 0 Å². The van der Waals surface area contributed by atoms with Crippen LogP contribution in [0, 0.1) is 13.8 Å². The second kappa shape index (κ2) is 6.50. The number of phenolic OH excluding ortho intramolecular Hbond substituents is 2. The van der Waals surface area contributed by atoms with E-state index in [0.29, 0.717) is 40.9 Å². The summed E-state index contributed by atoms with van der Waals surface area (Å²) in [5, 5.41) is 30.9. The molecule has 2 aromatic rings. The molecule has 0 saturated heterocycles. The normalized spacial score (nSPS) is 12.2. The SMILES string of the molecule is Cc1c(C)c(O)c(CCC(C)(C)O)c(C=Cc2ccco2)c1O. The number of benzene rings is 1. The molecule has 0 fully saturated rings. The van der Waals surface area contributed by atoms with Gasteiger partial charge >= 0.3 is 0 Å². The van der Waals surface area contributed by atoms with Crippen LogP contribution in [0.2, 0.25) is 0 Å².